The minimum Gasteiger partial charge on any atom is -0.394 e. The van der Waals surface area contributed by atoms with E-state index in [9.17, 15) is 5.11 Å². The summed E-state index contributed by atoms with van der Waals surface area (Å²) in [5.41, 5.74) is -0.0645. The van der Waals surface area contributed by atoms with Gasteiger partial charge >= 0.3 is 0 Å². The van der Waals surface area contributed by atoms with Crippen molar-refractivity contribution in [1.82, 2.24) is 5.32 Å². The van der Waals surface area contributed by atoms with E-state index in [-0.39, 0.29) is 12.1 Å². The summed E-state index contributed by atoms with van der Waals surface area (Å²) in [5, 5.41) is 13.7. The average Bonchev–Trinajstić information content (AvgIpc) is 2.78. The van der Waals surface area contributed by atoms with Crippen LogP contribution in [0.4, 0.5) is 0 Å². The summed E-state index contributed by atoms with van der Waals surface area (Å²) in [6, 6.07) is 0. The quantitative estimate of drug-likeness (QED) is 0.645. The molecule has 2 N–H and O–H groups in total. The number of aliphatic hydroxyl groups is 1. The zero-order chi connectivity index (χ0) is 11.9. The largest absolute Gasteiger partial charge is 0.394 e. The number of rotatable bonds is 8. The summed E-state index contributed by atoms with van der Waals surface area (Å²) < 4.78 is 0. The van der Waals surface area contributed by atoms with Crippen molar-refractivity contribution in [2.45, 2.75) is 63.2 Å². The first kappa shape index (κ1) is 14.3. The zero-order valence-electron chi connectivity index (χ0n) is 10.8. The van der Waals surface area contributed by atoms with E-state index in [0.717, 1.165) is 18.2 Å². The molecular formula is C13H27NOS. The molecule has 1 saturated carbocycles. The highest BCUT2D eigenvalue weighted by molar-refractivity contribution is 7.99. The minimum atomic E-state index is -0.0645. The molecule has 96 valence electrons. The van der Waals surface area contributed by atoms with E-state index in [2.05, 4.69) is 30.9 Å². The highest BCUT2D eigenvalue weighted by atomic mass is 32.2. The number of aliphatic hydroxyl groups excluding tert-OH is 1. The third kappa shape index (κ3) is 5.07. The van der Waals surface area contributed by atoms with Crippen molar-refractivity contribution in [1.29, 1.82) is 0 Å². The third-order valence-corrected chi connectivity index (χ3v) is 4.95. The second-order valence-electron chi connectivity index (χ2n) is 5.13. The van der Waals surface area contributed by atoms with Gasteiger partial charge < -0.3 is 10.4 Å². The lowest BCUT2D eigenvalue weighted by Gasteiger charge is -2.28. The van der Waals surface area contributed by atoms with Crippen LogP contribution in [0.1, 0.15) is 52.4 Å². The number of thioether (sulfide) groups is 1. The molecule has 1 aliphatic carbocycles. The van der Waals surface area contributed by atoms with Crippen molar-refractivity contribution in [3.8, 4) is 0 Å². The molecular weight excluding hydrogens is 218 g/mol. The van der Waals surface area contributed by atoms with E-state index in [4.69, 9.17) is 0 Å². The Kier molecular flexibility index (Phi) is 6.78. The van der Waals surface area contributed by atoms with Crippen molar-refractivity contribution in [3.05, 3.63) is 0 Å². The van der Waals surface area contributed by atoms with Gasteiger partial charge in [0.15, 0.2) is 0 Å². The number of hydrogen-bond donors (Lipinski definition) is 2. The molecule has 2 nitrogen and oxygen atoms in total. The van der Waals surface area contributed by atoms with Crippen LogP contribution in [0.25, 0.3) is 0 Å². The maximum atomic E-state index is 9.36. The van der Waals surface area contributed by atoms with Crippen LogP contribution in [0.2, 0.25) is 0 Å². The standard InChI is InChI=1S/C13H27NOS/c1-3-14-13(2,11-15)9-6-10-16-12-7-4-5-8-12/h12,14-15H,3-11H2,1-2H3. The molecule has 0 aromatic heterocycles. The third-order valence-electron chi connectivity index (χ3n) is 3.48. The van der Waals surface area contributed by atoms with Gasteiger partial charge in [0.1, 0.15) is 0 Å². The normalized spacial score (nSPS) is 21.2. The molecule has 1 aliphatic rings. The Balaban J connectivity index is 2.08. The molecule has 3 heteroatoms. The van der Waals surface area contributed by atoms with Crippen LogP contribution >= 0.6 is 11.8 Å². The van der Waals surface area contributed by atoms with Gasteiger partial charge in [-0.15, -0.1) is 0 Å². The van der Waals surface area contributed by atoms with Crippen LogP contribution in [0.15, 0.2) is 0 Å². The van der Waals surface area contributed by atoms with Crippen LogP contribution < -0.4 is 5.32 Å². The molecule has 0 amide bonds. The minimum absolute atomic E-state index is 0.0645. The summed E-state index contributed by atoms with van der Waals surface area (Å²) >= 11 is 2.14. The van der Waals surface area contributed by atoms with Gasteiger partial charge in [-0.25, -0.2) is 0 Å². The second kappa shape index (κ2) is 7.57. The van der Waals surface area contributed by atoms with Gasteiger partial charge in [-0.2, -0.15) is 11.8 Å². The van der Waals surface area contributed by atoms with Gasteiger partial charge in [-0.1, -0.05) is 19.8 Å². The number of nitrogens with one attached hydrogen (secondary N) is 1. The van der Waals surface area contributed by atoms with Gasteiger partial charge in [0.05, 0.1) is 6.61 Å². The fourth-order valence-corrected chi connectivity index (χ4v) is 3.73. The molecule has 1 fully saturated rings. The first-order valence-electron chi connectivity index (χ1n) is 6.67. The fraction of sp³-hybridized carbons (Fsp3) is 1.00. The van der Waals surface area contributed by atoms with Gasteiger partial charge in [0.25, 0.3) is 0 Å². The number of hydrogen-bond acceptors (Lipinski definition) is 3. The molecule has 0 radical (unpaired) electrons. The van der Waals surface area contributed by atoms with Crippen LogP contribution in [-0.2, 0) is 0 Å². The molecule has 0 spiro atoms. The van der Waals surface area contributed by atoms with E-state index in [1.807, 2.05) is 0 Å². The molecule has 1 atom stereocenters. The van der Waals surface area contributed by atoms with E-state index >= 15 is 0 Å². The highest BCUT2D eigenvalue weighted by Crippen LogP contribution is 2.30. The lowest BCUT2D eigenvalue weighted by Crippen LogP contribution is -2.45. The van der Waals surface area contributed by atoms with Gasteiger partial charge in [0.2, 0.25) is 0 Å². The molecule has 0 bridgehead atoms. The summed E-state index contributed by atoms with van der Waals surface area (Å²) in [4.78, 5) is 0. The Bertz CT molecular complexity index is 183. The van der Waals surface area contributed by atoms with E-state index < -0.39 is 0 Å². The van der Waals surface area contributed by atoms with Gasteiger partial charge in [-0.3, -0.25) is 0 Å². The van der Waals surface area contributed by atoms with Crippen LogP contribution in [0.3, 0.4) is 0 Å². The Hall–Kier alpha value is 0.270. The van der Waals surface area contributed by atoms with Crippen molar-refractivity contribution in [3.63, 3.8) is 0 Å². The molecule has 1 unspecified atom stereocenters. The lowest BCUT2D eigenvalue weighted by molar-refractivity contribution is 0.167. The van der Waals surface area contributed by atoms with Gasteiger partial charge in [-0.05, 0) is 44.9 Å². The Morgan fingerprint density at radius 1 is 1.38 bits per heavy atom. The summed E-state index contributed by atoms with van der Waals surface area (Å²) in [5.74, 6) is 1.26. The Morgan fingerprint density at radius 3 is 2.62 bits per heavy atom. The van der Waals surface area contributed by atoms with Crippen LogP contribution in [-0.4, -0.2) is 34.8 Å². The smallest absolute Gasteiger partial charge is 0.0610 e. The van der Waals surface area contributed by atoms with Crippen LogP contribution in [0, 0.1) is 0 Å². The summed E-state index contributed by atoms with van der Waals surface area (Å²) in [7, 11) is 0. The van der Waals surface area contributed by atoms with Crippen molar-refractivity contribution >= 4 is 11.8 Å². The zero-order valence-corrected chi connectivity index (χ0v) is 11.6. The fourth-order valence-electron chi connectivity index (χ4n) is 2.42. The molecule has 0 aromatic carbocycles. The van der Waals surface area contributed by atoms with Gasteiger partial charge in [0, 0.05) is 10.8 Å². The van der Waals surface area contributed by atoms with Crippen molar-refractivity contribution in [2.75, 3.05) is 18.9 Å². The molecule has 0 saturated heterocycles. The molecule has 0 aliphatic heterocycles. The summed E-state index contributed by atoms with van der Waals surface area (Å²) in [6.07, 6.45) is 8.01. The SMILES string of the molecule is CCNC(C)(CO)CCCSC1CCCC1. The predicted octanol–water partition coefficient (Wildman–Crippen LogP) is 2.80. The molecule has 16 heavy (non-hydrogen) atoms. The molecule has 1 rings (SSSR count). The monoisotopic (exact) mass is 245 g/mol. The first-order valence-corrected chi connectivity index (χ1v) is 7.72. The Morgan fingerprint density at radius 2 is 2.06 bits per heavy atom. The number of likely N-dealkylation sites (N-methyl/N-ethyl adjacent to an activating group) is 1. The van der Waals surface area contributed by atoms with Crippen molar-refractivity contribution in [2.24, 2.45) is 0 Å². The summed E-state index contributed by atoms with van der Waals surface area (Å²) in [6.45, 7) is 5.40. The topological polar surface area (TPSA) is 32.3 Å². The molecule has 0 heterocycles. The molecule has 0 aromatic rings. The van der Waals surface area contributed by atoms with E-state index in [1.54, 1.807) is 0 Å². The predicted molar refractivity (Wildman–Crippen MR) is 73.1 cm³/mol. The first-order chi connectivity index (χ1) is 7.70. The second-order valence-corrected chi connectivity index (χ2v) is 6.54. The van der Waals surface area contributed by atoms with E-state index in [1.165, 1.54) is 37.9 Å². The maximum Gasteiger partial charge on any atom is 0.0610 e. The highest BCUT2D eigenvalue weighted by Gasteiger charge is 2.21. The van der Waals surface area contributed by atoms with Crippen LogP contribution in [0.5, 0.6) is 0 Å². The lowest BCUT2D eigenvalue weighted by atomic mass is 9.97. The van der Waals surface area contributed by atoms with Crippen molar-refractivity contribution < 1.29 is 5.11 Å². The average molecular weight is 245 g/mol. The Labute approximate surface area is 105 Å². The van der Waals surface area contributed by atoms with E-state index in [0.29, 0.717) is 0 Å². The maximum absolute atomic E-state index is 9.36.